The van der Waals surface area contributed by atoms with Crippen molar-refractivity contribution < 1.29 is 24.1 Å². The van der Waals surface area contributed by atoms with Crippen molar-refractivity contribution in [3.05, 3.63) is 35.9 Å². The molecule has 0 bridgehead atoms. The van der Waals surface area contributed by atoms with E-state index in [9.17, 15) is 9.59 Å². The average Bonchev–Trinajstić information content (AvgIpc) is 2.62. The molecule has 1 aromatic rings. The van der Waals surface area contributed by atoms with Crippen LogP contribution in [0.1, 0.15) is 25.8 Å². The van der Waals surface area contributed by atoms with E-state index in [0.29, 0.717) is 18.9 Å². The van der Waals surface area contributed by atoms with E-state index < -0.39 is 6.04 Å². The Morgan fingerprint density at radius 3 is 2.27 bits per heavy atom. The maximum absolute atomic E-state index is 12.3. The molecular weight excluding hydrogens is 330 g/mol. The van der Waals surface area contributed by atoms with E-state index in [1.165, 1.54) is 17.6 Å². The van der Waals surface area contributed by atoms with Gasteiger partial charge >= 0.3 is 5.97 Å². The molecule has 1 amide bonds. The van der Waals surface area contributed by atoms with Gasteiger partial charge in [-0.05, 0) is 12.3 Å². The lowest BCUT2D eigenvalue weighted by atomic mass is 10.0. The Morgan fingerprint density at radius 1 is 1.08 bits per heavy atom. The molecule has 1 saturated heterocycles. The van der Waals surface area contributed by atoms with Crippen LogP contribution in [0.5, 0.6) is 0 Å². The monoisotopic (exact) mass is 363 g/mol. The molecule has 1 fully saturated rings. The maximum Gasteiger partial charge on any atom is 0.328 e. The van der Waals surface area contributed by atoms with E-state index in [1.54, 1.807) is 4.90 Å². The van der Waals surface area contributed by atoms with E-state index in [1.807, 2.05) is 19.9 Å². The third kappa shape index (κ3) is 6.77. The van der Waals surface area contributed by atoms with Gasteiger partial charge in [0, 0.05) is 5.56 Å². The smallest absolute Gasteiger partial charge is 0.328 e. The van der Waals surface area contributed by atoms with Crippen LogP contribution in [0.15, 0.2) is 30.3 Å². The van der Waals surface area contributed by atoms with Crippen molar-refractivity contribution in [1.82, 2.24) is 5.32 Å². The number of hydrogen-bond acceptors (Lipinski definition) is 3. The Balaban J connectivity index is 1.75. The van der Waals surface area contributed by atoms with Crippen LogP contribution in [0.3, 0.4) is 0 Å². The molecule has 26 heavy (non-hydrogen) atoms. The van der Waals surface area contributed by atoms with Gasteiger partial charge in [-0.2, -0.15) is 0 Å². The fourth-order valence-electron chi connectivity index (χ4n) is 3.50. The van der Waals surface area contributed by atoms with Crippen LogP contribution in [0.2, 0.25) is 0 Å². The molecule has 0 unspecified atom stereocenters. The summed E-state index contributed by atoms with van der Waals surface area (Å²) in [5.41, 5.74) is 1.36. The number of piperazine rings is 1. The maximum atomic E-state index is 12.3. The van der Waals surface area contributed by atoms with E-state index in [-0.39, 0.29) is 11.9 Å². The topological polar surface area (TPSA) is 64.3 Å². The number of quaternary nitrogens is 2. The first-order valence-electron chi connectivity index (χ1n) is 9.56. The molecule has 0 spiro atoms. The molecule has 2 rings (SSSR count). The van der Waals surface area contributed by atoms with Gasteiger partial charge in [-0.1, -0.05) is 44.2 Å². The van der Waals surface area contributed by atoms with Crippen LogP contribution in [-0.2, 0) is 20.9 Å². The summed E-state index contributed by atoms with van der Waals surface area (Å²) < 4.78 is 4.81. The first-order chi connectivity index (χ1) is 12.5. The van der Waals surface area contributed by atoms with E-state index in [2.05, 4.69) is 29.6 Å². The third-order valence-corrected chi connectivity index (χ3v) is 4.90. The summed E-state index contributed by atoms with van der Waals surface area (Å²) in [7, 11) is 1.36. The second-order valence-electron chi connectivity index (χ2n) is 7.61. The third-order valence-electron chi connectivity index (χ3n) is 4.90. The molecule has 6 heteroatoms. The first kappa shape index (κ1) is 20.4. The number of benzene rings is 1. The molecule has 1 atom stereocenters. The standard InChI is InChI=1S/C20H31N3O3/c1-16(2)13-18(20(25)26-3)21-19(24)15-23-11-9-22(10-12-23)14-17-7-5-4-6-8-17/h4-8,16,18H,9-15H2,1-3H3,(H,21,24)/p+2/t18-/m1/s1. The molecule has 3 N–H and O–H groups in total. The normalized spacial score (nSPS) is 21.2. The van der Waals surface area contributed by atoms with Crippen LogP contribution >= 0.6 is 0 Å². The van der Waals surface area contributed by atoms with Crippen molar-refractivity contribution in [1.29, 1.82) is 0 Å². The number of carbonyl (C=O) groups is 2. The van der Waals surface area contributed by atoms with Gasteiger partial charge in [-0.25, -0.2) is 4.79 Å². The van der Waals surface area contributed by atoms with Gasteiger partial charge in [-0.15, -0.1) is 0 Å². The second kappa shape index (κ2) is 10.3. The van der Waals surface area contributed by atoms with Gasteiger partial charge in [0.15, 0.2) is 6.54 Å². The summed E-state index contributed by atoms with van der Waals surface area (Å²) in [6.45, 7) is 9.59. The highest BCUT2D eigenvalue weighted by molar-refractivity contribution is 5.84. The van der Waals surface area contributed by atoms with Crippen molar-refractivity contribution in [3.8, 4) is 0 Å². The molecule has 144 valence electrons. The molecule has 0 radical (unpaired) electrons. The van der Waals surface area contributed by atoms with Crippen molar-refractivity contribution in [2.24, 2.45) is 5.92 Å². The van der Waals surface area contributed by atoms with Gasteiger partial charge in [0.2, 0.25) is 0 Å². The van der Waals surface area contributed by atoms with Crippen LogP contribution < -0.4 is 15.1 Å². The Labute approximate surface area is 156 Å². The molecule has 6 nitrogen and oxygen atoms in total. The van der Waals surface area contributed by atoms with Gasteiger partial charge in [0.05, 0.1) is 7.11 Å². The number of hydrogen-bond donors (Lipinski definition) is 3. The summed E-state index contributed by atoms with van der Waals surface area (Å²) in [5, 5.41) is 2.86. The lowest BCUT2D eigenvalue weighted by molar-refractivity contribution is -1.02. The number of nitrogens with one attached hydrogen (secondary N) is 3. The Hall–Kier alpha value is -1.92. The SMILES string of the molecule is COC(=O)[C@@H](CC(C)C)NC(=O)C[NH+]1CC[NH+](Cc2ccccc2)CC1. The fourth-order valence-corrected chi connectivity index (χ4v) is 3.50. The van der Waals surface area contributed by atoms with Gasteiger partial charge in [-0.3, -0.25) is 4.79 Å². The van der Waals surface area contributed by atoms with Crippen LogP contribution in [0.25, 0.3) is 0 Å². The summed E-state index contributed by atoms with van der Waals surface area (Å²) in [4.78, 5) is 27.0. The fraction of sp³-hybridized carbons (Fsp3) is 0.600. The highest BCUT2D eigenvalue weighted by atomic mass is 16.5. The summed E-state index contributed by atoms with van der Waals surface area (Å²) in [6.07, 6.45) is 0.600. The Kier molecular flexibility index (Phi) is 8.06. The largest absolute Gasteiger partial charge is 0.467 e. The average molecular weight is 364 g/mol. The summed E-state index contributed by atoms with van der Waals surface area (Å²) >= 11 is 0. The molecule has 0 aromatic heterocycles. The highest BCUT2D eigenvalue weighted by Gasteiger charge is 2.27. The van der Waals surface area contributed by atoms with E-state index in [4.69, 9.17) is 4.74 Å². The highest BCUT2D eigenvalue weighted by Crippen LogP contribution is 2.05. The molecule has 1 aliphatic rings. The molecule has 1 aromatic carbocycles. The predicted molar refractivity (Wildman–Crippen MR) is 99.8 cm³/mol. The Bertz CT molecular complexity index is 569. The quantitative estimate of drug-likeness (QED) is 0.502. The lowest BCUT2D eigenvalue weighted by Crippen LogP contribution is -3.28. The zero-order valence-electron chi connectivity index (χ0n) is 16.2. The van der Waals surface area contributed by atoms with Gasteiger partial charge < -0.3 is 19.9 Å². The predicted octanol–water partition coefficient (Wildman–Crippen LogP) is -1.33. The van der Waals surface area contributed by atoms with E-state index in [0.717, 1.165) is 32.7 Å². The first-order valence-corrected chi connectivity index (χ1v) is 9.56. The van der Waals surface area contributed by atoms with Crippen molar-refractivity contribution >= 4 is 11.9 Å². The number of esters is 1. The van der Waals surface area contributed by atoms with Crippen LogP contribution in [0.4, 0.5) is 0 Å². The van der Waals surface area contributed by atoms with Crippen LogP contribution in [0, 0.1) is 5.92 Å². The zero-order chi connectivity index (χ0) is 18.9. The van der Waals surface area contributed by atoms with Crippen molar-refractivity contribution in [2.45, 2.75) is 32.9 Å². The molecule has 0 saturated carbocycles. The van der Waals surface area contributed by atoms with E-state index >= 15 is 0 Å². The van der Waals surface area contributed by atoms with Crippen LogP contribution in [-0.4, -0.2) is 57.8 Å². The van der Waals surface area contributed by atoms with Gasteiger partial charge in [0.1, 0.15) is 38.8 Å². The summed E-state index contributed by atoms with van der Waals surface area (Å²) in [6, 6.07) is 9.99. The molecule has 1 aliphatic heterocycles. The lowest BCUT2D eigenvalue weighted by Gasteiger charge is -2.29. The molecule has 1 heterocycles. The second-order valence-corrected chi connectivity index (χ2v) is 7.61. The Morgan fingerprint density at radius 2 is 1.69 bits per heavy atom. The number of methoxy groups -OCH3 is 1. The molecule has 0 aliphatic carbocycles. The minimum atomic E-state index is -0.545. The number of amides is 1. The number of carbonyl (C=O) groups excluding carboxylic acids is 2. The number of ether oxygens (including phenoxy) is 1. The summed E-state index contributed by atoms with van der Waals surface area (Å²) in [5.74, 6) is -0.112. The number of rotatable bonds is 8. The van der Waals surface area contributed by atoms with Crippen molar-refractivity contribution in [2.75, 3.05) is 39.8 Å². The van der Waals surface area contributed by atoms with Gasteiger partial charge in [0.25, 0.3) is 5.91 Å². The van der Waals surface area contributed by atoms with Crippen molar-refractivity contribution in [3.63, 3.8) is 0 Å². The molecular formula is C20H33N3O3+2. The minimum absolute atomic E-state index is 0.0671. The zero-order valence-corrected chi connectivity index (χ0v) is 16.2. The minimum Gasteiger partial charge on any atom is -0.467 e.